The van der Waals surface area contributed by atoms with Gasteiger partial charge in [-0.15, -0.1) is 0 Å². The molecule has 0 unspecified atom stereocenters. The Balaban J connectivity index is 0. The van der Waals surface area contributed by atoms with Gasteiger partial charge in [0, 0.05) is 22.4 Å². The van der Waals surface area contributed by atoms with Crippen LogP contribution < -0.4 is 0 Å². The first kappa shape index (κ1) is 8.92. The number of hydrogen-bond donors (Lipinski definition) is 1. The standard InChI is InChI=1S/CHNO.Nb/c2-1-3;/h2H;. The van der Waals surface area contributed by atoms with E-state index in [1.165, 1.54) is 0 Å². The molecule has 4 heavy (non-hydrogen) atoms. The number of isocyanates is 1. The van der Waals surface area contributed by atoms with E-state index in [4.69, 9.17) is 10.2 Å². The normalized spacial score (nSPS) is 2.00. The summed E-state index contributed by atoms with van der Waals surface area (Å²) in [5.74, 6) is 0. The van der Waals surface area contributed by atoms with Crippen LogP contribution in [0, 0.1) is 5.41 Å². The van der Waals surface area contributed by atoms with Crippen LogP contribution in [0.25, 0.3) is 0 Å². The van der Waals surface area contributed by atoms with Gasteiger partial charge in [0.25, 0.3) is 0 Å². The summed E-state index contributed by atoms with van der Waals surface area (Å²) in [6, 6.07) is 0. The largest absolute Gasteiger partial charge is 0.231 e. The topological polar surface area (TPSA) is 40.9 Å². The Morgan fingerprint density at radius 2 is 1.75 bits per heavy atom. The number of carbonyl (C=O) groups excluding carboxylic acids is 1. The third kappa shape index (κ3) is 184. The average molecular weight is 136 g/mol. The molecular weight excluding hydrogens is 135 g/mol. The van der Waals surface area contributed by atoms with Crippen LogP contribution in [0.15, 0.2) is 0 Å². The van der Waals surface area contributed by atoms with E-state index in [-0.39, 0.29) is 22.4 Å². The SMILES string of the molecule is N=C=O.[Nb]. The summed E-state index contributed by atoms with van der Waals surface area (Å²) in [5, 5.41) is 5.40. The summed E-state index contributed by atoms with van der Waals surface area (Å²) in [6.45, 7) is 0. The Morgan fingerprint density at radius 1 is 1.75 bits per heavy atom. The summed E-state index contributed by atoms with van der Waals surface area (Å²) < 4.78 is 0. The van der Waals surface area contributed by atoms with Gasteiger partial charge in [0.2, 0.25) is 6.08 Å². The third-order valence-corrected chi connectivity index (χ3v) is 0. The zero-order valence-electron chi connectivity index (χ0n) is 1.86. The van der Waals surface area contributed by atoms with Crippen molar-refractivity contribution < 1.29 is 27.2 Å². The molecule has 0 atom stereocenters. The molecule has 0 aromatic rings. The Hall–Kier alpha value is 0.120. The van der Waals surface area contributed by atoms with Gasteiger partial charge in [-0.05, 0) is 0 Å². The maximum Gasteiger partial charge on any atom is 0.231 e. The minimum Gasteiger partial charge on any atom is -0.222 e. The molecule has 0 aliphatic heterocycles. The van der Waals surface area contributed by atoms with Crippen molar-refractivity contribution in [3.8, 4) is 0 Å². The first-order valence-electron chi connectivity index (χ1n) is 0.454. The number of hydrogen-bond acceptors (Lipinski definition) is 2. The summed E-state index contributed by atoms with van der Waals surface area (Å²) in [4.78, 5) is 8.35. The van der Waals surface area contributed by atoms with Gasteiger partial charge < -0.3 is 0 Å². The van der Waals surface area contributed by atoms with Crippen molar-refractivity contribution in [1.82, 2.24) is 0 Å². The molecule has 0 bridgehead atoms. The number of rotatable bonds is 0. The van der Waals surface area contributed by atoms with Crippen LogP contribution in [0.4, 0.5) is 0 Å². The molecule has 0 aromatic carbocycles. The zero-order chi connectivity index (χ0) is 2.71. The van der Waals surface area contributed by atoms with Gasteiger partial charge in [0.05, 0.1) is 0 Å². The Labute approximate surface area is 39.2 Å². The van der Waals surface area contributed by atoms with Crippen LogP contribution in [0.5, 0.6) is 0 Å². The molecule has 0 amide bonds. The molecule has 0 heterocycles. The second-order valence-corrected chi connectivity index (χ2v) is 0.102. The maximum absolute atomic E-state index is 8.35. The molecule has 0 saturated carbocycles. The molecule has 2 nitrogen and oxygen atoms in total. The minimum absolute atomic E-state index is 0. The fourth-order valence-electron chi connectivity index (χ4n) is 0. The summed E-state index contributed by atoms with van der Waals surface area (Å²) >= 11 is 0. The maximum atomic E-state index is 8.35. The van der Waals surface area contributed by atoms with Crippen molar-refractivity contribution >= 4 is 6.08 Å². The van der Waals surface area contributed by atoms with E-state index in [0.717, 1.165) is 6.08 Å². The van der Waals surface area contributed by atoms with Crippen molar-refractivity contribution in [3.05, 3.63) is 0 Å². The predicted molar refractivity (Wildman–Crippen MR) is 8.41 cm³/mol. The smallest absolute Gasteiger partial charge is 0.222 e. The quantitative estimate of drug-likeness (QED) is 0.282. The summed E-state index contributed by atoms with van der Waals surface area (Å²) in [5.41, 5.74) is 0. The van der Waals surface area contributed by atoms with E-state index in [0.29, 0.717) is 0 Å². The monoisotopic (exact) mass is 136 g/mol. The Kier molecular flexibility index (Phi) is 24.9. The van der Waals surface area contributed by atoms with Crippen LogP contribution in [0.2, 0.25) is 0 Å². The molecule has 0 fully saturated rings. The first-order chi connectivity index (χ1) is 1.41. The van der Waals surface area contributed by atoms with E-state index in [9.17, 15) is 0 Å². The summed E-state index contributed by atoms with van der Waals surface area (Å²) in [7, 11) is 0. The second-order valence-electron chi connectivity index (χ2n) is 0.102. The van der Waals surface area contributed by atoms with Crippen molar-refractivity contribution in [2.24, 2.45) is 0 Å². The number of nitrogens with one attached hydrogen (secondary N) is 1. The molecule has 3 heteroatoms. The van der Waals surface area contributed by atoms with E-state index >= 15 is 0 Å². The first-order valence-corrected chi connectivity index (χ1v) is 0.454. The van der Waals surface area contributed by atoms with Gasteiger partial charge in [0.1, 0.15) is 0 Å². The summed E-state index contributed by atoms with van der Waals surface area (Å²) in [6.07, 6.45) is 0.750. The minimum atomic E-state index is 0. The molecule has 21 valence electrons. The molecule has 0 aromatic heterocycles. The molecule has 1 N–H and O–H groups in total. The van der Waals surface area contributed by atoms with Gasteiger partial charge in [-0.1, -0.05) is 0 Å². The van der Waals surface area contributed by atoms with Gasteiger partial charge >= 0.3 is 0 Å². The van der Waals surface area contributed by atoms with Gasteiger partial charge in [-0.25, -0.2) is 10.2 Å². The van der Waals surface area contributed by atoms with Gasteiger partial charge in [0.15, 0.2) is 0 Å². The van der Waals surface area contributed by atoms with Crippen LogP contribution in [0.3, 0.4) is 0 Å². The van der Waals surface area contributed by atoms with Gasteiger partial charge in [-0.2, -0.15) is 0 Å². The van der Waals surface area contributed by atoms with Crippen molar-refractivity contribution in [2.45, 2.75) is 0 Å². The Bertz CT molecular complexity index is 29.0. The van der Waals surface area contributed by atoms with Crippen LogP contribution in [-0.4, -0.2) is 6.08 Å². The molecule has 0 aliphatic carbocycles. The third-order valence-electron chi connectivity index (χ3n) is 0. The van der Waals surface area contributed by atoms with Crippen LogP contribution in [0.1, 0.15) is 0 Å². The van der Waals surface area contributed by atoms with Crippen molar-refractivity contribution in [3.63, 3.8) is 0 Å². The Morgan fingerprint density at radius 3 is 1.75 bits per heavy atom. The molecule has 0 rings (SSSR count). The molecule has 1 radical (unpaired) electrons. The second kappa shape index (κ2) is 11.2. The fourth-order valence-corrected chi connectivity index (χ4v) is 0. The molecule has 0 saturated heterocycles. The van der Waals surface area contributed by atoms with Crippen LogP contribution in [-0.2, 0) is 27.2 Å². The average Bonchev–Trinajstić information content (AvgIpc) is 0.918. The van der Waals surface area contributed by atoms with E-state index in [1.807, 2.05) is 0 Å². The molecule has 0 spiro atoms. The molecule has 0 aliphatic rings. The fraction of sp³-hybridized carbons (Fsp3) is 0. The van der Waals surface area contributed by atoms with Gasteiger partial charge in [-0.3, -0.25) is 0 Å². The van der Waals surface area contributed by atoms with E-state index in [2.05, 4.69) is 0 Å². The van der Waals surface area contributed by atoms with E-state index < -0.39 is 0 Å². The van der Waals surface area contributed by atoms with Crippen LogP contribution >= 0.6 is 0 Å². The van der Waals surface area contributed by atoms with Crippen molar-refractivity contribution in [1.29, 1.82) is 5.41 Å². The zero-order valence-corrected chi connectivity index (χ0v) is 4.05. The van der Waals surface area contributed by atoms with E-state index in [1.54, 1.807) is 0 Å². The predicted octanol–water partition coefficient (Wildman–Crippen LogP) is -0.102. The van der Waals surface area contributed by atoms with Crippen molar-refractivity contribution in [2.75, 3.05) is 0 Å². The molecular formula is CHNNbO.